The second-order valence-electron chi connectivity index (χ2n) is 2.41. The largest absolute Gasteiger partial charge is 0.157 e. The predicted octanol–water partition coefficient (Wildman–Crippen LogP) is 2.46. The Morgan fingerprint density at radius 3 is 2.50 bits per heavy atom. The first-order chi connectivity index (χ1) is 3.80. The van der Waals surface area contributed by atoms with E-state index in [1.165, 1.54) is 23.5 Å². The number of hydrogen-bond donors (Lipinski definition) is 0. The zero-order valence-electron chi connectivity index (χ0n) is 5.53. The van der Waals surface area contributed by atoms with Crippen molar-refractivity contribution in [2.45, 2.75) is 20.3 Å². The van der Waals surface area contributed by atoms with Crippen molar-refractivity contribution in [2.75, 3.05) is 11.5 Å². The molecule has 0 aromatic carbocycles. The fourth-order valence-corrected chi connectivity index (χ4v) is 2.07. The number of hydrogen-bond acceptors (Lipinski definition) is 1. The Morgan fingerprint density at radius 2 is 2.25 bits per heavy atom. The van der Waals surface area contributed by atoms with Gasteiger partial charge in [-0.05, 0) is 26.0 Å². The van der Waals surface area contributed by atoms with E-state index in [4.69, 9.17) is 0 Å². The number of allylic oxidation sites excluding steroid dienone is 1. The van der Waals surface area contributed by atoms with E-state index in [0.717, 1.165) is 0 Å². The number of rotatable bonds is 0. The fraction of sp³-hybridized carbons (Fsp3) is 0.714. The van der Waals surface area contributed by atoms with Crippen LogP contribution in [0.1, 0.15) is 20.3 Å². The second-order valence-corrected chi connectivity index (χ2v) is 3.51. The molecular formula is C7H12S. The number of thioether (sulfide) groups is 1. The molecule has 1 saturated heterocycles. The molecule has 0 aliphatic carbocycles. The van der Waals surface area contributed by atoms with E-state index >= 15 is 0 Å². The SMILES string of the molecule is CC(C)=C1CCSC1. The molecule has 1 fully saturated rings. The topological polar surface area (TPSA) is 0 Å². The third-order valence-corrected chi connectivity index (χ3v) is 2.58. The van der Waals surface area contributed by atoms with E-state index in [-0.39, 0.29) is 0 Å². The van der Waals surface area contributed by atoms with Crippen LogP contribution >= 0.6 is 11.8 Å². The van der Waals surface area contributed by atoms with Gasteiger partial charge < -0.3 is 0 Å². The minimum absolute atomic E-state index is 1.29. The Morgan fingerprint density at radius 1 is 1.50 bits per heavy atom. The van der Waals surface area contributed by atoms with Crippen LogP contribution in [0.25, 0.3) is 0 Å². The van der Waals surface area contributed by atoms with Crippen molar-refractivity contribution in [3.8, 4) is 0 Å². The molecule has 1 heterocycles. The summed E-state index contributed by atoms with van der Waals surface area (Å²) in [4.78, 5) is 0. The highest BCUT2D eigenvalue weighted by atomic mass is 32.2. The standard InChI is InChI=1S/C7H12S/c1-6(2)7-3-4-8-5-7/h3-5H2,1-2H3. The van der Waals surface area contributed by atoms with Crippen molar-refractivity contribution in [2.24, 2.45) is 0 Å². The molecule has 0 aromatic rings. The Balaban J connectivity index is 2.58. The molecule has 1 aliphatic rings. The summed E-state index contributed by atoms with van der Waals surface area (Å²) < 4.78 is 0. The van der Waals surface area contributed by atoms with Crippen LogP contribution in [-0.2, 0) is 0 Å². The fourth-order valence-electron chi connectivity index (χ4n) is 0.857. The molecular weight excluding hydrogens is 116 g/mol. The van der Waals surface area contributed by atoms with Crippen molar-refractivity contribution in [3.05, 3.63) is 11.1 Å². The Hall–Kier alpha value is 0.0900. The molecule has 1 rings (SSSR count). The van der Waals surface area contributed by atoms with Crippen LogP contribution in [0.4, 0.5) is 0 Å². The van der Waals surface area contributed by atoms with Gasteiger partial charge in [0.2, 0.25) is 0 Å². The third-order valence-electron chi connectivity index (χ3n) is 1.53. The lowest BCUT2D eigenvalue weighted by molar-refractivity contribution is 1.11. The van der Waals surface area contributed by atoms with E-state index < -0.39 is 0 Å². The maximum Gasteiger partial charge on any atom is 0.0146 e. The molecule has 0 radical (unpaired) electrons. The van der Waals surface area contributed by atoms with Crippen molar-refractivity contribution < 1.29 is 0 Å². The lowest BCUT2D eigenvalue weighted by atomic mass is 10.1. The molecule has 1 aliphatic heterocycles. The van der Waals surface area contributed by atoms with Crippen molar-refractivity contribution in [1.82, 2.24) is 0 Å². The first-order valence-electron chi connectivity index (χ1n) is 3.03. The van der Waals surface area contributed by atoms with Gasteiger partial charge in [0.05, 0.1) is 0 Å². The van der Waals surface area contributed by atoms with Crippen LogP contribution < -0.4 is 0 Å². The zero-order valence-corrected chi connectivity index (χ0v) is 6.35. The maximum atomic E-state index is 2.21. The average molecular weight is 128 g/mol. The summed E-state index contributed by atoms with van der Waals surface area (Å²) in [5, 5.41) is 0. The van der Waals surface area contributed by atoms with Crippen LogP contribution in [0, 0.1) is 0 Å². The average Bonchev–Trinajstić information content (AvgIpc) is 2.12. The smallest absolute Gasteiger partial charge is 0.0146 e. The van der Waals surface area contributed by atoms with Gasteiger partial charge in [-0.25, -0.2) is 0 Å². The van der Waals surface area contributed by atoms with Crippen molar-refractivity contribution in [1.29, 1.82) is 0 Å². The van der Waals surface area contributed by atoms with E-state index in [9.17, 15) is 0 Å². The first-order valence-corrected chi connectivity index (χ1v) is 4.19. The third kappa shape index (κ3) is 1.28. The van der Waals surface area contributed by atoms with E-state index in [0.29, 0.717) is 0 Å². The van der Waals surface area contributed by atoms with Crippen LogP contribution in [-0.4, -0.2) is 11.5 Å². The van der Waals surface area contributed by atoms with Crippen LogP contribution in [0.2, 0.25) is 0 Å². The van der Waals surface area contributed by atoms with Crippen molar-refractivity contribution in [3.63, 3.8) is 0 Å². The maximum absolute atomic E-state index is 2.21. The summed E-state index contributed by atoms with van der Waals surface area (Å²) in [6.07, 6.45) is 1.34. The molecule has 0 atom stereocenters. The molecule has 0 amide bonds. The minimum atomic E-state index is 1.29. The van der Waals surface area contributed by atoms with Crippen molar-refractivity contribution >= 4 is 11.8 Å². The Labute approximate surface area is 55.4 Å². The molecule has 0 N–H and O–H groups in total. The van der Waals surface area contributed by atoms with Gasteiger partial charge in [-0.2, -0.15) is 11.8 Å². The van der Waals surface area contributed by atoms with Crippen LogP contribution in [0.5, 0.6) is 0 Å². The highest BCUT2D eigenvalue weighted by Crippen LogP contribution is 2.24. The second kappa shape index (κ2) is 2.58. The molecule has 8 heavy (non-hydrogen) atoms. The Kier molecular flexibility index (Phi) is 2.01. The molecule has 0 bridgehead atoms. The molecule has 0 spiro atoms. The molecule has 0 aromatic heterocycles. The Bertz CT molecular complexity index is 102. The monoisotopic (exact) mass is 128 g/mol. The summed E-state index contributed by atoms with van der Waals surface area (Å²) in [7, 11) is 0. The lowest BCUT2D eigenvalue weighted by Gasteiger charge is -1.94. The van der Waals surface area contributed by atoms with Gasteiger partial charge in [0, 0.05) is 5.75 Å². The minimum Gasteiger partial charge on any atom is -0.157 e. The summed E-state index contributed by atoms with van der Waals surface area (Å²) in [6.45, 7) is 4.42. The summed E-state index contributed by atoms with van der Waals surface area (Å²) in [5.74, 6) is 2.64. The molecule has 1 heteroatoms. The zero-order chi connectivity index (χ0) is 5.98. The van der Waals surface area contributed by atoms with E-state index in [1.54, 1.807) is 5.57 Å². The predicted molar refractivity (Wildman–Crippen MR) is 40.3 cm³/mol. The van der Waals surface area contributed by atoms with Gasteiger partial charge in [0.1, 0.15) is 0 Å². The van der Waals surface area contributed by atoms with Gasteiger partial charge in [-0.15, -0.1) is 0 Å². The highest BCUT2D eigenvalue weighted by Gasteiger charge is 2.06. The molecule has 0 saturated carbocycles. The summed E-state index contributed by atoms with van der Waals surface area (Å²) in [6, 6.07) is 0. The lowest BCUT2D eigenvalue weighted by Crippen LogP contribution is -1.80. The summed E-state index contributed by atoms with van der Waals surface area (Å²) in [5.41, 5.74) is 3.21. The summed E-state index contributed by atoms with van der Waals surface area (Å²) >= 11 is 2.05. The van der Waals surface area contributed by atoms with Gasteiger partial charge in [-0.1, -0.05) is 11.1 Å². The van der Waals surface area contributed by atoms with Crippen LogP contribution in [0.3, 0.4) is 0 Å². The van der Waals surface area contributed by atoms with Gasteiger partial charge in [0.15, 0.2) is 0 Å². The molecule has 0 nitrogen and oxygen atoms in total. The molecule has 46 valence electrons. The first kappa shape index (κ1) is 6.21. The van der Waals surface area contributed by atoms with E-state index in [2.05, 4.69) is 25.6 Å². The highest BCUT2D eigenvalue weighted by molar-refractivity contribution is 7.99. The normalized spacial score (nSPS) is 19.5. The van der Waals surface area contributed by atoms with Gasteiger partial charge in [0.25, 0.3) is 0 Å². The van der Waals surface area contributed by atoms with E-state index in [1.807, 2.05) is 0 Å². The quantitative estimate of drug-likeness (QED) is 0.452. The van der Waals surface area contributed by atoms with Crippen LogP contribution in [0.15, 0.2) is 11.1 Å². The molecule has 0 unspecified atom stereocenters. The van der Waals surface area contributed by atoms with Gasteiger partial charge in [-0.3, -0.25) is 0 Å². The van der Waals surface area contributed by atoms with Gasteiger partial charge >= 0.3 is 0 Å².